The molecule has 0 fully saturated rings. The quantitative estimate of drug-likeness (QED) is 0.666. The van der Waals surface area contributed by atoms with Crippen LogP contribution in [-0.2, 0) is 11.3 Å². The average molecular weight is 240 g/mol. The zero-order valence-electron chi connectivity index (χ0n) is 11.2. The second kappa shape index (κ2) is 8.28. The fourth-order valence-electron chi connectivity index (χ4n) is 1.72. The molecule has 0 spiro atoms. The lowest BCUT2D eigenvalue weighted by Crippen LogP contribution is -2.25. The van der Waals surface area contributed by atoms with E-state index in [1.807, 2.05) is 13.0 Å². The standard InChI is InChI=1S/C13H24N2O2/c1-12-13(5-9-17-12)11-15(2)8-4-6-14-7-10-16-3/h5,9,14H,4,6-8,10-11H2,1-3H3. The van der Waals surface area contributed by atoms with Gasteiger partial charge in [0.05, 0.1) is 12.9 Å². The molecule has 17 heavy (non-hydrogen) atoms. The third-order valence-electron chi connectivity index (χ3n) is 2.78. The minimum absolute atomic E-state index is 0.782. The van der Waals surface area contributed by atoms with E-state index in [-0.39, 0.29) is 0 Å². The molecule has 0 aliphatic carbocycles. The van der Waals surface area contributed by atoms with Crippen LogP contribution in [0.25, 0.3) is 0 Å². The predicted octanol–water partition coefficient (Wildman–Crippen LogP) is 1.65. The van der Waals surface area contributed by atoms with Crippen molar-refractivity contribution >= 4 is 0 Å². The number of nitrogens with one attached hydrogen (secondary N) is 1. The Labute approximate surface area is 104 Å². The van der Waals surface area contributed by atoms with Crippen LogP contribution in [0.4, 0.5) is 0 Å². The largest absolute Gasteiger partial charge is 0.469 e. The van der Waals surface area contributed by atoms with Gasteiger partial charge in [-0.3, -0.25) is 0 Å². The van der Waals surface area contributed by atoms with Gasteiger partial charge in [0.2, 0.25) is 0 Å². The minimum Gasteiger partial charge on any atom is -0.469 e. The number of methoxy groups -OCH3 is 1. The Kier molecular flexibility index (Phi) is 6.93. The first-order valence-electron chi connectivity index (χ1n) is 6.15. The summed E-state index contributed by atoms with van der Waals surface area (Å²) in [5.41, 5.74) is 1.28. The number of furan rings is 1. The third-order valence-corrected chi connectivity index (χ3v) is 2.78. The van der Waals surface area contributed by atoms with E-state index in [0.717, 1.165) is 45.0 Å². The Morgan fingerprint density at radius 1 is 1.41 bits per heavy atom. The van der Waals surface area contributed by atoms with Crippen molar-refractivity contribution in [3.05, 3.63) is 23.7 Å². The molecule has 4 nitrogen and oxygen atoms in total. The highest BCUT2D eigenvalue weighted by atomic mass is 16.5. The van der Waals surface area contributed by atoms with Gasteiger partial charge < -0.3 is 19.4 Å². The second-order valence-corrected chi connectivity index (χ2v) is 4.34. The van der Waals surface area contributed by atoms with Crippen molar-refractivity contribution in [1.29, 1.82) is 0 Å². The molecule has 0 aliphatic rings. The van der Waals surface area contributed by atoms with E-state index in [9.17, 15) is 0 Å². The van der Waals surface area contributed by atoms with E-state index in [2.05, 4.69) is 17.3 Å². The van der Waals surface area contributed by atoms with E-state index in [0.29, 0.717) is 0 Å². The number of hydrogen-bond acceptors (Lipinski definition) is 4. The van der Waals surface area contributed by atoms with E-state index >= 15 is 0 Å². The van der Waals surface area contributed by atoms with E-state index in [1.165, 1.54) is 5.56 Å². The first-order chi connectivity index (χ1) is 8.24. The summed E-state index contributed by atoms with van der Waals surface area (Å²) in [6.45, 7) is 6.81. The molecule has 1 aromatic rings. The summed E-state index contributed by atoms with van der Waals surface area (Å²) in [6.07, 6.45) is 2.90. The van der Waals surface area contributed by atoms with Crippen molar-refractivity contribution < 1.29 is 9.15 Å². The summed E-state index contributed by atoms with van der Waals surface area (Å²) in [5, 5.41) is 3.34. The highest BCUT2D eigenvalue weighted by Crippen LogP contribution is 2.10. The number of hydrogen-bond donors (Lipinski definition) is 1. The molecule has 0 aliphatic heterocycles. The number of rotatable bonds is 9. The Balaban J connectivity index is 2.05. The summed E-state index contributed by atoms with van der Waals surface area (Å²) in [4.78, 5) is 2.32. The van der Waals surface area contributed by atoms with Crippen molar-refractivity contribution in [3.63, 3.8) is 0 Å². The van der Waals surface area contributed by atoms with Crippen molar-refractivity contribution in [1.82, 2.24) is 10.2 Å². The highest BCUT2D eigenvalue weighted by molar-refractivity contribution is 5.14. The summed E-state index contributed by atoms with van der Waals surface area (Å²) in [7, 11) is 3.87. The smallest absolute Gasteiger partial charge is 0.105 e. The van der Waals surface area contributed by atoms with Crippen LogP contribution in [0.1, 0.15) is 17.7 Å². The molecule has 98 valence electrons. The van der Waals surface area contributed by atoms with Gasteiger partial charge in [0.25, 0.3) is 0 Å². The SMILES string of the molecule is COCCNCCCN(C)Cc1ccoc1C. The monoisotopic (exact) mass is 240 g/mol. The van der Waals surface area contributed by atoms with Gasteiger partial charge in [0, 0.05) is 25.8 Å². The molecule has 0 amide bonds. The maximum absolute atomic E-state index is 5.28. The van der Waals surface area contributed by atoms with Crippen LogP contribution in [0.3, 0.4) is 0 Å². The van der Waals surface area contributed by atoms with Gasteiger partial charge in [-0.05, 0) is 39.5 Å². The van der Waals surface area contributed by atoms with Gasteiger partial charge in [-0.15, -0.1) is 0 Å². The molecule has 0 aromatic carbocycles. The van der Waals surface area contributed by atoms with Crippen LogP contribution >= 0.6 is 0 Å². The number of nitrogens with zero attached hydrogens (tertiary/aromatic N) is 1. The molecular weight excluding hydrogens is 216 g/mol. The molecule has 4 heteroatoms. The lowest BCUT2D eigenvalue weighted by molar-refractivity contribution is 0.198. The molecule has 0 saturated carbocycles. The lowest BCUT2D eigenvalue weighted by Gasteiger charge is -2.16. The van der Waals surface area contributed by atoms with Gasteiger partial charge in [-0.1, -0.05) is 0 Å². The molecule has 0 saturated heterocycles. The van der Waals surface area contributed by atoms with E-state index in [1.54, 1.807) is 13.4 Å². The van der Waals surface area contributed by atoms with Crippen LogP contribution < -0.4 is 5.32 Å². The molecule has 0 atom stereocenters. The molecule has 1 N–H and O–H groups in total. The second-order valence-electron chi connectivity index (χ2n) is 4.34. The molecular formula is C13H24N2O2. The fourth-order valence-corrected chi connectivity index (χ4v) is 1.72. The zero-order chi connectivity index (χ0) is 12.5. The van der Waals surface area contributed by atoms with E-state index < -0.39 is 0 Å². The highest BCUT2D eigenvalue weighted by Gasteiger charge is 2.04. The van der Waals surface area contributed by atoms with Gasteiger partial charge in [-0.2, -0.15) is 0 Å². The summed E-state index contributed by atoms with van der Waals surface area (Å²) in [6, 6.07) is 2.04. The first-order valence-corrected chi connectivity index (χ1v) is 6.15. The van der Waals surface area contributed by atoms with Gasteiger partial charge in [-0.25, -0.2) is 0 Å². The van der Waals surface area contributed by atoms with Crippen LogP contribution in [0.2, 0.25) is 0 Å². The average Bonchev–Trinajstić information content (AvgIpc) is 2.69. The lowest BCUT2D eigenvalue weighted by atomic mass is 10.2. The minimum atomic E-state index is 0.782. The van der Waals surface area contributed by atoms with Crippen molar-refractivity contribution in [3.8, 4) is 0 Å². The Hall–Kier alpha value is -0.840. The van der Waals surface area contributed by atoms with Crippen molar-refractivity contribution in [2.75, 3.05) is 40.4 Å². The molecule has 1 heterocycles. The maximum Gasteiger partial charge on any atom is 0.105 e. The zero-order valence-corrected chi connectivity index (χ0v) is 11.2. The Morgan fingerprint density at radius 2 is 2.24 bits per heavy atom. The number of aryl methyl sites for hydroxylation is 1. The van der Waals surface area contributed by atoms with Crippen LogP contribution in [0.15, 0.2) is 16.7 Å². The van der Waals surface area contributed by atoms with Crippen molar-refractivity contribution in [2.45, 2.75) is 19.9 Å². The summed E-state index contributed by atoms with van der Waals surface area (Å²) >= 11 is 0. The third kappa shape index (κ3) is 5.86. The predicted molar refractivity (Wildman–Crippen MR) is 69.1 cm³/mol. The summed E-state index contributed by atoms with van der Waals surface area (Å²) in [5.74, 6) is 1.02. The van der Waals surface area contributed by atoms with E-state index in [4.69, 9.17) is 9.15 Å². The molecule has 1 rings (SSSR count). The normalized spacial score (nSPS) is 11.3. The van der Waals surface area contributed by atoms with Crippen LogP contribution in [0, 0.1) is 6.92 Å². The molecule has 0 radical (unpaired) electrons. The first kappa shape index (κ1) is 14.2. The van der Waals surface area contributed by atoms with Gasteiger partial charge >= 0.3 is 0 Å². The molecule has 0 bridgehead atoms. The molecule has 0 unspecified atom stereocenters. The van der Waals surface area contributed by atoms with Crippen molar-refractivity contribution in [2.24, 2.45) is 0 Å². The van der Waals surface area contributed by atoms with Gasteiger partial charge in [0.15, 0.2) is 0 Å². The Bertz CT molecular complexity index is 299. The maximum atomic E-state index is 5.28. The van der Waals surface area contributed by atoms with Crippen LogP contribution in [-0.4, -0.2) is 45.3 Å². The number of ether oxygens (including phenoxy) is 1. The van der Waals surface area contributed by atoms with Gasteiger partial charge in [0.1, 0.15) is 5.76 Å². The summed E-state index contributed by atoms with van der Waals surface area (Å²) < 4.78 is 10.3. The Morgan fingerprint density at radius 3 is 2.88 bits per heavy atom. The fraction of sp³-hybridized carbons (Fsp3) is 0.692. The molecule has 1 aromatic heterocycles. The topological polar surface area (TPSA) is 37.6 Å². The van der Waals surface area contributed by atoms with Crippen LogP contribution in [0.5, 0.6) is 0 Å².